The summed E-state index contributed by atoms with van der Waals surface area (Å²) in [4.78, 5) is 14.7. The fourth-order valence-electron chi connectivity index (χ4n) is 3.51. The summed E-state index contributed by atoms with van der Waals surface area (Å²) in [5, 5.41) is 0. The Balaban J connectivity index is 1.75. The van der Waals surface area contributed by atoms with E-state index in [0.29, 0.717) is 12.6 Å². The maximum atomic E-state index is 12.7. The van der Waals surface area contributed by atoms with Gasteiger partial charge in [0.1, 0.15) is 5.60 Å². The van der Waals surface area contributed by atoms with Crippen LogP contribution in [0.2, 0.25) is 0 Å². The smallest absolute Gasteiger partial charge is 0.410 e. The fourth-order valence-corrected chi connectivity index (χ4v) is 3.51. The molecule has 1 aliphatic carbocycles. The van der Waals surface area contributed by atoms with Gasteiger partial charge in [0.2, 0.25) is 0 Å². The van der Waals surface area contributed by atoms with Crippen molar-refractivity contribution in [1.82, 2.24) is 4.90 Å². The number of ether oxygens (including phenoxy) is 1. The molecule has 1 amide bonds. The number of hydrogen-bond donors (Lipinski definition) is 0. The average molecular weight is 351 g/mol. The molecule has 3 nitrogen and oxygen atoms in total. The zero-order chi connectivity index (χ0) is 18.6. The highest BCUT2D eigenvalue weighted by molar-refractivity contribution is 5.69. The van der Waals surface area contributed by atoms with Crippen LogP contribution < -0.4 is 0 Å². The molecular weight excluding hydrogens is 322 g/mol. The van der Waals surface area contributed by atoms with Crippen molar-refractivity contribution in [3.63, 3.8) is 0 Å². The topological polar surface area (TPSA) is 29.5 Å². The molecule has 0 unspecified atom stereocenters. The number of carbonyl (C=O) groups excluding carboxylic acids is 1. The van der Waals surface area contributed by atoms with Crippen molar-refractivity contribution in [3.8, 4) is 11.1 Å². The lowest BCUT2D eigenvalue weighted by Crippen LogP contribution is -2.41. The van der Waals surface area contributed by atoms with E-state index in [0.717, 1.165) is 18.4 Å². The summed E-state index contributed by atoms with van der Waals surface area (Å²) in [5.74, 6) is 0. The van der Waals surface area contributed by atoms with Crippen LogP contribution in [0, 0.1) is 0 Å². The first-order chi connectivity index (χ1) is 12.4. The summed E-state index contributed by atoms with van der Waals surface area (Å²) in [6.07, 6.45) is 4.33. The molecule has 0 heterocycles. The quantitative estimate of drug-likeness (QED) is 0.673. The maximum absolute atomic E-state index is 12.7. The predicted octanol–water partition coefficient (Wildman–Crippen LogP) is 6.03. The van der Waals surface area contributed by atoms with Gasteiger partial charge in [-0.25, -0.2) is 4.79 Å². The van der Waals surface area contributed by atoms with Crippen molar-refractivity contribution < 1.29 is 9.53 Å². The molecule has 3 heteroatoms. The third-order valence-electron chi connectivity index (χ3n) is 4.81. The number of carbonyl (C=O) groups is 1. The second kappa shape index (κ2) is 7.94. The van der Waals surface area contributed by atoms with Gasteiger partial charge >= 0.3 is 6.09 Å². The molecule has 0 atom stereocenters. The van der Waals surface area contributed by atoms with Crippen LogP contribution in [0.1, 0.15) is 52.0 Å². The van der Waals surface area contributed by atoms with E-state index in [4.69, 9.17) is 4.74 Å². The third-order valence-corrected chi connectivity index (χ3v) is 4.81. The van der Waals surface area contributed by atoms with E-state index < -0.39 is 5.60 Å². The molecule has 2 aromatic rings. The van der Waals surface area contributed by atoms with Crippen molar-refractivity contribution >= 4 is 6.09 Å². The van der Waals surface area contributed by atoms with Gasteiger partial charge in [0.25, 0.3) is 0 Å². The monoisotopic (exact) mass is 351 g/mol. The zero-order valence-corrected chi connectivity index (χ0v) is 16.1. The van der Waals surface area contributed by atoms with E-state index in [1.165, 1.54) is 24.0 Å². The van der Waals surface area contributed by atoms with E-state index >= 15 is 0 Å². The number of rotatable bonds is 4. The number of hydrogen-bond acceptors (Lipinski definition) is 2. The molecular formula is C23H29NO2. The van der Waals surface area contributed by atoms with Crippen molar-refractivity contribution in [1.29, 1.82) is 0 Å². The third kappa shape index (κ3) is 4.87. The van der Waals surface area contributed by atoms with E-state index in [2.05, 4.69) is 36.4 Å². The molecule has 1 fully saturated rings. The van der Waals surface area contributed by atoms with E-state index in [1.54, 1.807) is 0 Å². The Kier molecular flexibility index (Phi) is 5.65. The van der Waals surface area contributed by atoms with Gasteiger partial charge in [0, 0.05) is 12.6 Å². The molecule has 0 aliphatic heterocycles. The molecule has 138 valence electrons. The minimum absolute atomic E-state index is 0.198. The highest BCUT2D eigenvalue weighted by Gasteiger charge is 2.30. The minimum Gasteiger partial charge on any atom is -0.444 e. The van der Waals surface area contributed by atoms with Crippen LogP contribution in [0.5, 0.6) is 0 Å². The highest BCUT2D eigenvalue weighted by Crippen LogP contribution is 2.27. The summed E-state index contributed by atoms with van der Waals surface area (Å²) in [5.41, 5.74) is 3.07. The summed E-state index contributed by atoms with van der Waals surface area (Å²) in [7, 11) is 0. The minimum atomic E-state index is -0.467. The van der Waals surface area contributed by atoms with Gasteiger partial charge in [-0.15, -0.1) is 0 Å². The molecule has 0 spiro atoms. The first-order valence-corrected chi connectivity index (χ1v) is 9.56. The van der Waals surface area contributed by atoms with Crippen molar-refractivity contribution in [2.75, 3.05) is 0 Å². The predicted molar refractivity (Wildman–Crippen MR) is 106 cm³/mol. The van der Waals surface area contributed by atoms with Crippen LogP contribution in [-0.2, 0) is 11.3 Å². The zero-order valence-electron chi connectivity index (χ0n) is 16.1. The SMILES string of the molecule is CC(C)(C)OC(=O)N(Cc1ccc(-c2ccccc2)cc1)C1CCCC1. The first-order valence-electron chi connectivity index (χ1n) is 9.56. The second-order valence-electron chi connectivity index (χ2n) is 8.11. The van der Waals surface area contributed by atoms with Crippen LogP contribution in [0.4, 0.5) is 4.79 Å². The van der Waals surface area contributed by atoms with Crippen molar-refractivity contribution in [3.05, 3.63) is 60.2 Å². The van der Waals surface area contributed by atoms with Gasteiger partial charge in [-0.05, 0) is 50.3 Å². The fraction of sp³-hybridized carbons (Fsp3) is 0.435. The van der Waals surface area contributed by atoms with Gasteiger partial charge in [0.05, 0.1) is 0 Å². The molecule has 0 bridgehead atoms. The lowest BCUT2D eigenvalue weighted by molar-refractivity contribution is 0.0145. The van der Waals surface area contributed by atoms with Crippen LogP contribution in [-0.4, -0.2) is 22.6 Å². The average Bonchev–Trinajstić information content (AvgIpc) is 3.13. The van der Waals surface area contributed by atoms with E-state index in [1.807, 2.05) is 43.9 Å². The van der Waals surface area contributed by atoms with Crippen molar-refractivity contribution in [2.45, 2.75) is 64.6 Å². The molecule has 0 radical (unpaired) electrons. The van der Waals surface area contributed by atoms with Gasteiger partial charge in [-0.3, -0.25) is 0 Å². The Morgan fingerprint density at radius 2 is 1.54 bits per heavy atom. The summed E-state index contributed by atoms with van der Waals surface area (Å²) >= 11 is 0. The number of nitrogens with zero attached hydrogens (tertiary/aromatic N) is 1. The van der Waals surface area contributed by atoms with Gasteiger partial charge < -0.3 is 9.64 Å². The van der Waals surface area contributed by atoms with E-state index in [9.17, 15) is 4.79 Å². The first kappa shape index (κ1) is 18.5. The molecule has 0 saturated heterocycles. The van der Waals surface area contributed by atoms with Gasteiger partial charge in [-0.1, -0.05) is 67.4 Å². The van der Waals surface area contributed by atoms with Crippen LogP contribution in [0.3, 0.4) is 0 Å². The number of benzene rings is 2. The molecule has 0 aromatic heterocycles. The Bertz CT molecular complexity index is 710. The molecule has 0 N–H and O–H groups in total. The number of amides is 1. The summed E-state index contributed by atoms with van der Waals surface area (Å²) in [6.45, 7) is 6.37. The summed E-state index contributed by atoms with van der Waals surface area (Å²) < 4.78 is 5.66. The summed E-state index contributed by atoms with van der Waals surface area (Å²) in [6, 6.07) is 19.1. The van der Waals surface area contributed by atoms with Gasteiger partial charge in [0.15, 0.2) is 0 Å². The largest absolute Gasteiger partial charge is 0.444 e. The molecule has 2 aromatic carbocycles. The Morgan fingerprint density at radius 3 is 2.12 bits per heavy atom. The standard InChI is InChI=1S/C23H29NO2/c1-23(2,3)26-22(25)24(21-11-7-8-12-21)17-18-13-15-20(16-14-18)19-9-5-4-6-10-19/h4-6,9-10,13-16,21H,7-8,11-12,17H2,1-3H3. The highest BCUT2D eigenvalue weighted by atomic mass is 16.6. The van der Waals surface area contributed by atoms with E-state index in [-0.39, 0.29) is 6.09 Å². The van der Waals surface area contributed by atoms with Crippen molar-refractivity contribution in [2.24, 2.45) is 0 Å². The Morgan fingerprint density at radius 1 is 0.962 bits per heavy atom. The van der Waals surface area contributed by atoms with Gasteiger partial charge in [-0.2, -0.15) is 0 Å². The molecule has 1 aliphatic rings. The van der Waals surface area contributed by atoms with Crippen LogP contribution in [0.15, 0.2) is 54.6 Å². The Labute approximate surface area is 157 Å². The lowest BCUT2D eigenvalue weighted by atomic mass is 10.0. The van der Waals surface area contributed by atoms with Crippen LogP contribution in [0.25, 0.3) is 11.1 Å². The molecule has 1 saturated carbocycles. The molecule has 26 heavy (non-hydrogen) atoms. The lowest BCUT2D eigenvalue weighted by Gasteiger charge is -2.31. The maximum Gasteiger partial charge on any atom is 0.410 e. The molecule has 3 rings (SSSR count). The normalized spacial score (nSPS) is 15.0. The van der Waals surface area contributed by atoms with Crippen LogP contribution >= 0.6 is 0 Å². The Hall–Kier alpha value is -2.29. The second-order valence-corrected chi connectivity index (χ2v) is 8.11.